The zero-order valence-corrected chi connectivity index (χ0v) is 17.7. The Morgan fingerprint density at radius 2 is 1.83 bits per heavy atom. The number of carbonyl (C=O) groups excluding carboxylic acids is 1. The molecule has 2 aromatic rings. The number of piperidine rings is 1. The Morgan fingerprint density at radius 1 is 1.10 bits per heavy atom. The van der Waals surface area contributed by atoms with Crippen LogP contribution in [0.2, 0.25) is 0 Å². The molecule has 158 valence electrons. The number of fused-ring (bicyclic) bond motifs is 1. The number of nitrogens with zero attached hydrogens (tertiary/aromatic N) is 1. The van der Waals surface area contributed by atoms with Crippen LogP contribution in [0.3, 0.4) is 0 Å². The van der Waals surface area contributed by atoms with Crippen LogP contribution in [0, 0.1) is 0 Å². The van der Waals surface area contributed by atoms with Gasteiger partial charge in [-0.2, -0.15) is 0 Å². The monoisotopic (exact) mass is 428 g/mol. The summed E-state index contributed by atoms with van der Waals surface area (Å²) >= 11 is 0. The van der Waals surface area contributed by atoms with Gasteiger partial charge in [-0.15, -0.1) is 0 Å². The van der Waals surface area contributed by atoms with E-state index in [0.29, 0.717) is 35.7 Å². The van der Waals surface area contributed by atoms with Crippen molar-refractivity contribution >= 4 is 27.3 Å². The smallest absolute Gasteiger partial charge is 0.261 e. The number of para-hydroxylation sites is 1. The SMILES string of the molecule is CC1(C)Oc2ccc(S(=O)(=O)Nc3ccccc3)cc2C(N2CCCCC2=O)=C1O. The number of amides is 1. The van der Waals surface area contributed by atoms with Gasteiger partial charge in [-0.25, -0.2) is 8.42 Å². The molecule has 4 rings (SSSR count). The Labute approximate surface area is 176 Å². The van der Waals surface area contributed by atoms with Gasteiger partial charge in [0, 0.05) is 24.2 Å². The van der Waals surface area contributed by atoms with E-state index < -0.39 is 15.6 Å². The highest BCUT2D eigenvalue weighted by molar-refractivity contribution is 7.92. The average molecular weight is 429 g/mol. The summed E-state index contributed by atoms with van der Waals surface area (Å²) in [6.45, 7) is 3.88. The number of anilines is 1. The van der Waals surface area contributed by atoms with E-state index in [-0.39, 0.29) is 16.6 Å². The van der Waals surface area contributed by atoms with E-state index in [4.69, 9.17) is 4.74 Å². The number of ether oxygens (including phenoxy) is 1. The lowest BCUT2D eigenvalue weighted by Gasteiger charge is -2.38. The third-order valence-corrected chi connectivity index (χ3v) is 6.67. The third-order valence-electron chi connectivity index (χ3n) is 5.30. The second-order valence-corrected chi connectivity index (χ2v) is 9.62. The Morgan fingerprint density at radius 3 is 2.53 bits per heavy atom. The maximum Gasteiger partial charge on any atom is 0.261 e. The van der Waals surface area contributed by atoms with Crippen LogP contribution in [0.5, 0.6) is 5.75 Å². The minimum absolute atomic E-state index is 0.0168. The molecule has 0 radical (unpaired) electrons. The van der Waals surface area contributed by atoms with Gasteiger partial charge in [-0.1, -0.05) is 18.2 Å². The Bertz CT molecular complexity index is 1120. The molecule has 30 heavy (non-hydrogen) atoms. The molecule has 2 N–H and O–H groups in total. The summed E-state index contributed by atoms with van der Waals surface area (Å²) in [5.74, 6) is 0.239. The second kappa shape index (κ2) is 7.36. The van der Waals surface area contributed by atoms with Gasteiger partial charge in [0.2, 0.25) is 5.91 Å². The number of nitrogens with one attached hydrogen (secondary N) is 1. The first-order chi connectivity index (χ1) is 14.2. The van der Waals surface area contributed by atoms with E-state index in [1.807, 2.05) is 0 Å². The molecule has 7 nitrogen and oxygen atoms in total. The molecule has 1 fully saturated rings. The van der Waals surface area contributed by atoms with Gasteiger partial charge in [-0.05, 0) is 57.0 Å². The van der Waals surface area contributed by atoms with Gasteiger partial charge in [0.05, 0.1) is 10.6 Å². The lowest BCUT2D eigenvalue weighted by molar-refractivity contribution is -0.129. The minimum Gasteiger partial charge on any atom is -0.506 e. The fourth-order valence-corrected chi connectivity index (χ4v) is 4.81. The molecule has 0 atom stereocenters. The predicted molar refractivity (Wildman–Crippen MR) is 114 cm³/mol. The highest BCUT2D eigenvalue weighted by atomic mass is 32.2. The molecule has 0 aliphatic carbocycles. The predicted octanol–water partition coefficient (Wildman–Crippen LogP) is 3.90. The van der Waals surface area contributed by atoms with Crippen LogP contribution in [0.25, 0.3) is 5.70 Å². The number of aliphatic hydroxyl groups excluding tert-OH is 1. The highest BCUT2D eigenvalue weighted by Crippen LogP contribution is 2.43. The van der Waals surface area contributed by atoms with Crippen LogP contribution in [-0.2, 0) is 14.8 Å². The van der Waals surface area contributed by atoms with Crippen molar-refractivity contribution in [2.24, 2.45) is 0 Å². The number of rotatable bonds is 4. The molecule has 0 unspecified atom stereocenters. The van der Waals surface area contributed by atoms with Crippen molar-refractivity contribution in [3.05, 3.63) is 59.9 Å². The molecule has 0 spiro atoms. The van der Waals surface area contributed by atoms with Gasteiger partial charge in [-0.3, -0.25) is 9.52 Å². The molecule has 1 saturated heterocycles. The lowest BCUT2D eigenvalue weighted by Crippen LogP contribution is -2.42. The standard InChI is InChI=1S/C22H24N2O5S/c1-22(2)21(26)20(24-13-7-6-10-19(24)25)17-14-16(11-12-18(17)29-22)30(27,28)23-15-8-4-3-5-9-15/h3-5,8-9,11-12,14,23,26H,6-7,10,13H2,1-2H3. The number of hydrogen-bond donors (Lipinski definition) is 2. The molecule has 8 heteroatoms. The molecule has 1 amide bonds. The summed E-state index contributed by atoms with van der Waals surface area (Å²) in [6.07, 6.45) is 2.00. The maximum absolute atomic E-state index is 12.9. The van der Waals surface area contributed by atoms with E-state index in [0.717, 1.165) is 12.8 Å². The van der Waals surface area contributed by atoms with Crippen molar-refractivity contribution in [1.82, 2.24) is 4.90 Å². The topological polar surface area (TPSA) is 95.9 Å². The minimum atomic E-state index is -3.87. The van der Waals surface area contributed by atoms with Crippen molar-refractivity contribution in [2.45, 2.75) is 43.6 Å². The zero-order valence-electron chi connectivity index (χ0n) is 16.9. The van der Waals surface area contributed by atoms with E-state index >= 15 is 0 Å². The molecular weight excluding hydrogens is 404 g/mol. The Balaban J connectivity index is 1.80. The Kier molecular flexibility index (Phi) is 4.97. The van der Waals surface area contributed by atoms with Crippen molar-refractivity contribution in [2.75, 3.05) is 11.3 Å². The Hall–Kier alpha value is -3.00. The van der Waals surface area contributed by atoms with Crippen LogP contribution in [-0.4, -0.2) is 36.5 Å². The highest BCUT2D eigenvalue weighted by Gasteiger charge is 2.40. The first-order valence-electron chi connectivity index (χ1n) is 9.84. The van der Waals surface area contributed by atoms with Crippen LogP contribution in [0.15, 0.2) is 59.2 Å². The van der Waals surface area contributed by atoms with Crippen molar-refractivity contribution in [1.29, 1.82) is 0 Å². The van der Waals surface area contributed by atoms with E-state index in [9.17, 15) is 18.3 Å². The van der Waals surface area contributed by atoms with E-state index in [2.05, 4.69) is 4.72 Å². The largest absolute Gasteiger partial charge is 0.506 e. The summed E-state index contributed by atoms with van der Waals surface area (Å²) in [4.78, 5) is 14.2. The van der Waals surface area contributed by atoms with Crippen LogP contribution >= 0.6 is 0 Å². The fourth-order valence-electron chi connectivity index (χ4n) is 3.72. The first kappa shape index (κ1) is 20.3. The van der Waals surface area contributed by atoms with Crippen LogP contribution < -0.4 is 9.46 Å². The number of aliphatic hydroxyl groups is 1. The van der Waals surface area contributed by atoms with Crippen LogP contribution in [0.1, 0.15) is 38.7 Å². The van der Waals surface area contributed by atoms with Gasteiger partial charge in [0.25, 0.3) is 10.0 Å². The van der Waals surface area contributed by atoms with Gasteiger partial charge in [0.1, 0.15) is 5.75 Å². The normalized spacial score (nSPS) is 18.6. The number of carbonyl (C=O) groups is 1. The van der Waals surface area contributed by atoms with Crippen molar-refractivity contribution < 1.29 is 23.1 Å². The summed E-state index contributed by atoms with van der Waals surface area (Å²) in [5, 5.41) is 10.9. The van der Waals surface area contributed by atoms with Gasteiger partial charge >= 0.3 is 0 Å². The average Bonchev–Trinajstić information content (AvgIpc) is 2.70. The van der Waals surface area contributed by atoms with E-state index in [1.54, 1.807) is 55.1 Å². The number of benzene rings is 2. The van der Waals surface area contributed by atoms with Crippen molar-refractivity contribution in [3.8, 4) is 5.75 Å². The molecular formula is C22H24N2O5S. The van der Waals surface area contributed by atoms with Gasteiger partial charge < -0.3 is 14.7 Å². The molecule has 0 saturated carbocycles. The molecule has 0 bridgehead atoms. The third kappa shape index (κ3) is 3.63. The number of hydrogen-bond acceptors (Lipinski definition) is 5. The fraction of sp³-hybridized carbons (Fsp3) is 0.318. The summed E-state index contributed by atoms with van der Waals surface area (Å²) in [5.41, 5.74) is 0.112. The first-order valence-corrected chi connectivity index (χ1v) is 11.3. The number of sulfonamides is 1. The molecule has 0 aromatic heterocycles. The quantitative estimate of drug-likeness (QED) is 0.770. The molecule has 2 aromatic carbocycles. The zero-order chi connectivity index (χ0) is 21.5. The molecule has 2 aliphatic heterocycles. The lowest BCUT2D eigenvalue weighted by atomic mass is 9.94. The number of likely N-dealkylation sites (tertiary alicyclic amines) is 1. The van der Waals surface area contributed by atoms with Crippen molar-refractivity contribution in [3.63, 3.8) is 0 Å². The summed E-state index contributed by atoms with van der Waals surface area (Å²) in [6, 6.07) is 13.1. The summed E-state index contributed by atoms with van der Waals surface area (Å²) < 4.78 is 34.3. The summed E-state index contributed by atoms with van der Waals surface area (Å²) in [7, 11) is -3.87. The molecule has 2 aliphatic rings. The van der Waals surface area contributed by atoms with Gasteiger partial charge in [0.15, 0.2) is 11.4 Å². The van der Waals surface area contributed by atoms with E-state index in [1.165, 1.54) is 12.1 Å². The maximum atomic E-state index is 12.9. The van der Waals surface area contributed by atoms with Crippen LogP contribution in [0.4, 0.5) is 5.69 Å². The molecule has 2 heterocycles. The second-order valence-electron chi connectivity index (χ2n) is 7.94.